The molecule has 1 amide bonds. The van der Waals surface area contributed by atoms with Gasteiger partial charge in [0.2, 0.25) is 5.91 Å². The van der Waals surface area contributed by atoms with E-state index in [0.717, 1.165) is 22.9 Å². The Hall–Kier alpha value is -1.36. The first-order valence-electron chi connectivity index (χ1n) is 5.75. The summed E-state index contributed by atoms with van der Waals surface area (Å²) in [7, 11) is 0. The molecule has 0 aliphatic heterocycles. The van der Waals surface area contributed by atoms with E-state index in [2.05, 4.69) is 21.2 Å². The summed E-state index contributed by atoms with van der Waals surface area (Å²) in [6.07, 6.45) is 1.54. The van der Waals surface area contributed by atoms with E-state index in [0.29, 0.717) is 0 Å². The Morgan fingerprint density at radius 1 is 1.33 bits per heavy atom. The van der Waals surface area contributed by atoms with Crippen LogP contribution in [0, 0.1) is 0 Å². The van der Waals surface area contributed by atoms with Crippen molar-refractivity contribution in [3.63, 3.8) is 0 Å². The van der Waals surface area contributed by atoms with Gasteiger partial charge in [0.05, 0.1) is 5.41 Å². The zero-order chi connectivity index (χ0) is 13.3. The molecule has 2 N–H and O–H groups in total. The van der Waals surface area contributed by atoms with E-state index >= 15 is 0 Å². The average Bonchev–Trinajstić information content (AvgIpc) is 3.11. The Morgan fingerprint density at radius 3 is 2.33 bits per heavy atom. The first-order valence-corrected chi connectivity index (χ1v) is 6.55. The van der Waals surface area contributed by atoms with Crippen molar-refractivity contribution in [2.75, 3.05) is 0 Å². The average molecular weight is 312 g/mol. The van der Waals surface area contributed by atoms with Crippen LogP contribution in [0.25, 0.3) is 0 Å². The quantitative estimate of drug-likeness (QED) is 0.894. The molecule has 0 spiro atoms. The molecule has 0 heterocycles. The summed E-state index contributed by atoms with van der Waals surface area (Å²) in [5.74, 6) is -1.21. The van der Waals surface area contributed by atoms with Crippen LogP contribution in [0.4, 0.5) is 0 Å². The molecule has 1 aliphatic carbocycles. The van der Waals surface area contributed by atoms with Crippen LogP contribution in [0.15, 0.2) is 28.7 Å². The molecule has 0 saturated heterocycles. The van der Waals surface area contributed by atoms with Crippen LogP contribution in [0.3, 0.4) is 0 Å². The van der Waals surface area contributed by atoms with Crippen molar-refractivity contribution >= 4 is 27.8 Å². The monoisotopic (exact) mass is 311 g/mol. The molecule has 1 saturated carbocycles. The fraction of sp³-hybridized carbons (Fsp3) is 0.385. The van der Waals surface area contributed by atoms with Crippen LogP contribution in [-0.2, 0) is 15.0 Å². The molecular formula is C13H14BrNO3. The molecule has 18 heavy (non-hydrogen) atoms. The second-order valence-corrected chi connectivity index (χ2v) is 5.54. The van der Waals surface area contributed by atoms with Crippen LogP contribution in [0.1, 0.15) is 25.3 Å². The fourth-order valence-electron chi connectivity index (χ4n) is 1.94. The van der Waals surface area contributed by atoms with Gasteiger partial charge in [0.1, 0.15) is 6.04 Å². The standard InChI is InChI=1S/C13H14BrNO3/c1-8(11(16)17)15-12(18)13(6-7-13)9-2-4-10(14)5-3-9/h2-5,8H,6-7H2,1H3,(H,15,18)(H,16,17)/t8-/m0/s1. The number of amides is 1. The van der Waals surface area contributed by atoms with Crippen LogP contribution < -0.4 is 5.32 Å². The third-order valence-corrected chi connectivity index (χ3v) is 3.83. The Balaban J connectivity index is 2.14. The van der Waals surface area contributed by atoms with Gasteiger partial charge >= 0.3 is 5.97 Å². The molecule has 5 heteroatoms. The minimum Gasteiger partial charge on any atom is -0.480 e. The fourth-order valence-corrected chi connectivity index (χ4v) is 2.20. The highest BCUT2D eigenvalue weighted by Gasteiger charge is 2.51. The number of aliphatic carboxylic acids is 1. The molecule has 96 valence electrons. The highest BCUT2D eigenvalue weighted by atomic mass is 79.9. The number of carbonyl (C=O) groups is 2. The molecule has 4 nitrogen and oxygen atoms in total. The summed E-state index contributed by atoms with van der Waals surface area (Å²) in [6.45, 7) is 1.47. The second kappa shape index (κ2) is 4.72. The van der Waals surface area contributed by atoms with Crippen molar-refractivity contribution < 1.29 is 14.7 Å². The normalized spacial score (nSPS) is 17.9. The number of carbonyl (C=O) groups excluding carboxylic acids is 1. The molecule has 0 radical (unpaired) electrons. The number of carboxylic acids is 1. The molecule has 1 aromatic rings. The first-order chi connectivity index (χ1) is 8.45. The van der Waals surface area contributed by atoms with Gasteiger partial charge in [-0.1, -0.05) is 28.1 Å². The number of benzene rings is 1. The smallest absolute Gasteiger partial charge is 0.325 e. The predicted octanol–water partition coefficient (Wildman–Crippen LogP) is 2.07. The second-order valence-electron chi connectivity index (χ2n) is 4.62. The Bertz CT molecular complexity index is 480. The molecule has 1 aliphatic rings. The number of halogens is 1. The molecule has 1 atom stereocenters. The van der Waals surface area contributed by atoms with E-state index in [4.69, 9.17) is 5.11 Å². The first kappa shape index (κ1) is 13.1. The van der Waals surface area contributed by atoms with Gasteiger partial charge in [-0.15, -0.1) is 0 Å². The van der Waals surface area contributed by atoms with Crippen LogP contribution in [-0.4, -0.2) is 23.0 Å². The van der Waals surface area contributed by atoms with Gasteiger partial charge in [-0.05, 0) is 37.5 Å². The predicted molar refractivity (Wildman–Crippen MR) is 70.3 cm³/mol. The highest BCUT2D eigenvalue weighted by molar-refractivity contribution is 9.10. The number of carboxylic acid groups (broad SMARTS) is 1. The zero-order valence-corrected chi connectivity index (χ0v) is 11.5. The van der Waals surface area contributed by atoms with E-state index in [-0.39, 0.29) is 5.91 Å². The van der Waals surface area contributed by atoms with Crippen molar-refractivity contribution in [1.82, 2.24) is 5.32 Å². The van der Waals surface area contributed by atoms with Crippen molar-refractivity contribution in [2.24, 2.45) is 0 Å². The minimum absolute atomic E-state index is 0.195. The van der Waals surface area contributed by atoms with Crippen molar-refractivity contribution in [3.05, 3.63) is 34.3 Å². The summed E-state index contributed by atoms with van der Waals surface area (Å²) in [5.41, 5.74) is 0.422. The van der Waals surface area contributed by atoms with Gasteiger partial charge in [-0.3, -0.25) is 9.59 Å². The van der Waals surface area contributed by atoms with Gasteiger partial charge in [-0.2, -0.15) is 0 Å². The number of hydrogen-bond donors (Lipinski definition) is 2. The van der Waals surface area contributed by atoms with Gasteiger partial charge < -0.3 is 10.4 Å². The van der Waals surface area contributed by atoms with Crippen LogP contribution >= 0.6 is 15.9 Å². The third kappa shape index (κ3) is 2.41. The summed E-state index contributed by atoms with van der Waals surface area (Å²) in [4.78, 5) is 22.9. The Labute approximate surface area is 114 Å². The molecule has 1 fully saturated rings. The lowest BCUT2D eigenvalue weighted by molar-refractivity contribution is -0.141. The van der Waals surface area contributed by atoms with Crippen molar-refractivity contribution in [2.45, 2.75) is 31.2 Å². The van der Waals surface area contributed by atoms with E-state index in [1.807, 2.05) is 24.3 Å². The lowest BCUT2D eigenvalue weighted by Gasteiger charge is -2.18. The summed E-state index contributed by atoms with van der Waals surface area (Å²) in [6, 6.07) is 6.74. The lowest BCUT2D eigenvalue weighted by Crippen LogP contribution is -2.43. The van der Waals surface area contributed by atoms with Crippen LogP contribution in [0.2, 0.25) is 0 Å². The third-order valence-electron chi connectivity index (χ3n) is 3.30. The van der Waals surface area contributed by atoms with E-state index < -0.39 is 17.4 Å². The number of hydrogen-bond acceptors (Lipinski definition) is 2. The number of rotatable bonds is 4. The molecule has 0 bridgehead atoms. The summed E-state index contributed by atoms with van der Waals surface area (Å²) >= 11 is 3.35. The molecular weight excluding hydrogens is 298 g/mol. The summed E-state index contributed by atoms with van der Waals surface area (Å²) in [5, 5.41) is 11.3. The van der Waals surface area contributed by atoms with Crippen LogP contribution in [0.5, 0.6) is 0 Å². The highest BCUT2D eigenvalue weighted by Crippen LogP contribution is 2.48. The molecule has 1 aromatic carbocycles. The van der Waals surface area contributed by atoms with Gasteiger partial charge in [0, 0.05) is 4.47 Å². The SMILES string of the molecule is C[C@H](NC(=O)C1(c2ccc(Br)cc2)CC1)C(=O)O. The largest absolute Gasteiger partial charge is 0.480 e. The van der Waals surface area contributed by atoms with Crippen molar-refractivity contribution in [1.29, 1.82) is 0 Å². The maximum absolute atomic E-state index is 12.1. The maximum Gasteiger partial charge on any atom is 0.325 e. The van der Waals surface area contributed by atoms with Gasteiger partial charge in [-0.25, -0.2) is 0 Å². The lowest BCUT2D eigenvalue weighted by atomic mass is 9.95. The maximum atomic E-state index is 12.1. The Kier molecular flexibility index (Phi) is 3.43. The molecule has 0 unspecified atom stereocenters. The number of nitrogens with one attached hydrogen (secondary N) is 1. The molecule has 0 aromatic heterocycles. The Morgan fingerprint density at radius 2 is 1.89 bits per heavy atom. The summed E-state index contributed by atoms with van der Waals surface area (Å²) < 4.78 is 0.960. The topological polar surface area (TPSA) is 66.4 Å². The van der Waals surface area contributed by atoms with E-state index in [1.165, 1.54) is 6.92 Å². The van der Waals surface area contributed by atoms with Gasteiger partial charge in [0.25, 0.3) is 0 Å². The van der Waals surface area contributed by atoms with Gasteiger partial charge in [0.15, 0.2) is 0 Å². The van der Waals surface area contributed by atoms with E-state index in [1.54, 1.807) is 0 Å². The minimum atomic E-state index is -1.02. The van der Waals surface area contributed by atoms with Crippen molar-refractivity contribution in [3.8, 4) is 0 Å². The zero-order valence-electron chi connectivity index (χ0n) is 9.94. The molecule has 2 rings (SSSR count). The van der Waals surface area contributed by atoms with E-state index in [9.17, 15) is 9.59 Å².